The second-order valence-electron chi connectivity index (χ2n) is 6.00. The van der Waals surface area contributed by atoms with Crippen molar-refractivity contribution in [2.24, 2.45) is 5.92 Å². The van der Waals surface area contributed by atoms with Crippen LogP contribution in [0, 0.1) is 5.92 Å². The average molecular weight is 275 g/mol. The second kappa shape index (κ2) is 7.09. The van der Waals surface area contributed by atoms with Crippen LogP contribution in [-0.2, 0) is 11.3 Å². The SMILES string of the molecule is c1cc(CNC2CC2)cc(OCCOCCC2CC2)c1. The number of benzene rings is 1. The van der Waals surface area contributed by atoms with E-state index < -0.39 is 0 Å². The van der Waals surface area contributed by atoms with Crippen LogP contribution in [0.1, 0.15) is 37.7 Å². The molecule has 1 N–H and O–H groups in total. The number of rotatable bonds is 10. The van der Waals surface area contributed by atoms with Crippen molar-refractivity contribution in [1.82, 2.24) is 5.32 Å². The Bertz CT molecular complexity index is 413. The monoisotopic (exact) mass is 275 g/mol. The van der Waals surface area contributed by atoms with Gasteiger partial charge in [0.2, 0.25) is 0 Å². The summed E-state index contributed by atoms with van der Waals surface area (Å²) in [4.78, 5) is 0. The molecule has 3 nitrogen and oxygen atoms in total. The van der Waals surface area contributed by atoms with Crippen LogP contribution in [0.25, 0.3) is 0 Å². The Morgan fingerprint density at radius 1 is 1.05 bits per heavy atom. The highest BCUT2D eigenvalue weighted by Crippen LogP contribution is 2.32. The maximum Gasteiger partial charge on any atom is 0.119 e. The van der Waals surface area contributed by atoms with Crippen molar-refractivity contribution in [2.45, 2.75) is 44.7 Å². The number of nitrogens with one attached hydrogen (secondary N) is 1. The van der Waals surface area contributed by atoms with Crippen LogP contribution in [0.15, 0.2) is 24.3 Å². The molecule has 110 valence electrons. The summed E-state index contributed by atoms with van der Waals surface area (Å²) in [7, 11) is 0. The minimum Gasteiger partial charge on any atom is -0.491 e. The van der Waals surface area contributed by atoms with E-state index in [-0.39, 0.29) is 0 Å². The van der Waals surface area contributed by atoms with Gasteiger partial charge in [-0.25, -0.2) is 0 Å². The first-order chi connectivity index (χ1) is 9.90. The fraction of sp³-hybridized carbons (Fsp3) is 0.647. The largest absolute Gasteiger partial charge is 0.491 e. The molecule has 0 atom stereocenters. The third-order valence-corrected chi connectivity index (χ3v) is 3.93. The van der Waals surface area contributed by atoms with Gasteiger partial charge in [0.15, 0.2) is 0 Å². The Balaban J connectivity index is 1.30. The lowest BCUT2D eigenvalue weighted by atomic mass is 10.2. The van der Waals surface area contributed by atoms with E-state index in [0.29, 0.717) is 13.2 Å². The summed E-state index contributed by atoms with van der Waals surface area (Å²) in [6, 6.07) is 9.10. The summed E-state index contributed by atoms with van der Waals surface area (Å²) in [5.74, 6) is 1.90. The zero-order valence-corrected chi connectivity index (χ0v) is 12.1. The van der Waals surface area contributed by atoms with Crippen LogP contribution >= 0.6 is 0 Å². The summed E-state index contributed by atoms with van der Waals surface area (Å²) in [6.45, 7) is 3.17. The molecule has 0 unspecified atom stereocenters. The zero-order chi connectivity index (χ0) is 13.6. The quantitative estimate of drug-likeness (QED) is 0.665. The van der Waals surface area contributed by atoms with Crippen molar-refractivity contribution in [3.8, 4) is 5.75 Å². The summed E-state index contributed by atoms with van der Waals surface area (Å²) in [5.41, 5.74) is 1.30. The molecule has 2 aliphatic carbocycles. The highest BCUT2D eigenvalue weighted by molar-refractivity contribution is 5.28. The van der Waals surface area contributed by atoms with E-state index in [9.17, 15) is 0 Å². The Morgan fingerprint density at radius 3 is 2.75 bits per heavy atom. The molecule has 3 heteroatoms. The molecule has 0 aromatic heterocycles. The van der Waals surface area contributed by atoms with Crippen LogP contribution < -0.4 is 10.1 Å². The van der Waals surface area contributed by atoms with Crippen molar-refractivity contribution in [3.63, 3.8) is 0 Å². The fourth-order valence-electron chi connectivity index (χ4n) is 2.27. The Kier molecular flexibility index (Phi) is 4.93. The van der Waals surface area contributed by atoms with Gasteiger partial charge in [0.1, 0.15) is 12.4 Å². The molecule has 0 radical (unpaired) electrons. The molecule has 2 fully saturated rings. The Hall–Kier alpha value is -1.06. The molecule has 3 rings (SSSR count). The molecule has 1 aromatic rings. The van der Waals surface area contributed by atoms with Crippen molar-refractivity contribution >= 4 is 0 Å². The van der Waals surface area contributed by atoms with Crippen LogP contribution in [-0.4, -0.2) is 25.9 Å². The molecule has 0 heterocycles. The average Bonchev–Trinajstić information content (AvgIpc) is 3.36. The molecule has 1 aromatic carbocycles. The van der Waals surface area contributed by atoms with Gasteiger partial charge in [0.25, 0.3) is 0 Å². The van der Waals surface area contributed by atoms with E-state index in [1.165, 1.54) is 37.7 Å². The summed E-state index contributed by atoms with van der Waals surface area (Å²) < 4.78 is 11.3. The van der Waals surface area contributed by atoms with Gasteiger partial charge in [-0.15, -0.1) is 0 Å². The van der Waals surface area contributed by atoms with Gasteiger partial charge in [-0.1, -0.05) is 25.0 Å². The molecule has 0 saturated heterocycles. The van der Waals surface area contributed by atoms with Crippen molar-refractivity contribution in [3.05, 3.63) is 29.8 Å². The Morgan fingerprint density at radius 2 is 1.95 bits per heavy atom. The van der Waals surface area contributed by atoms with Gasteiger partial charge in [-0.2, -0.15) is 0 Å². The van der Waals surface area contributed by atoms with Gasteiger partial charge in [0.05, 0.1) is 6.61 Å². The highest BCUT2D eigenvalue weighted by Gasteiger charge is 2.20. The minimum absolute atomic E-state index is 0.643. The lowest BCUT2D eigenvalue weighted by Crippen LogP contribution is -2.15. The Labute approximate surface area is 121 Å². The first-order valence-electron chi connectivity index (χ1n) is 7.93. The van der Waals surface area contributed by atoms with E-state index in [0.717, 1.165) is 30.9 Å². The van der Waals surface area contributed by atoms with Crippen LogP contribution in [0.2, 0.25) is 0 Å². The third kappa shape index (κ3) is 5.14. The highest BCUT2D eigenvalue weighted by atomic mass is 16.5. The van der Waals surface area contributed by atoms with Crippen LogP contribution in [0.4, 0.5) is 0 Å². The van der Waals surface area contributed by atoms with E-state index in [4.69, 9.17) is 9.47 Å². The lowest BCUT2D eigenvalue weighted by Gasteiger charge is -2.09. The summed E-state index contributed by atoms with van der Waals surface area (Å²) in [6.07, 6.45) is 6.69. The summed E-state index contributed by atoms with van der Waals surface area (Å²) in [5, 5.41) is 3.52. The van der Waals surface area contributed by atoms with Crippen LogP contribution in [0.3, 0.4) is 0 Å². The normalized spacial score (nSPS) is 18.2. The first kappa shape index (κ1) is 13.9. The molecule has 2 aliphatic rings. The number of hydrogen-bond acceptors (Lipinski definition) is 3. The first-order valence-corrected chi connectivity index (χ1v) is 7.93. The van der Waals surface area contributed by atoms with E-state index in [1.807, 2.05) is 6.07 Å². The van der Waals surface area contributed by atoms with E-state index in [1.54, 1.807) is 0 Å². The standard InChI is InChI=1S/C17H25NO2/c1-2-15(13-18-16-6-7-16)12-17(3-1)20-11-10-19-9-8-14-4-5-14/h1-3,12,14,16,18H,4-11,13H2. The maximum absolute atomic E-state index is 5.74. The molecule has 0 bridgehead atoms. The topological polar surface area (TPSA) is 30.5 Å². The summed E-state index contributed by atoms with van der Waals surface area (Å²) >= 11 is 0. The van der Waals surface area contributed by atoms with Crippen molar-refractivity contribution in [1.29, 1.82) is 0 Å². The predicted molar refractivity (Wildman–Crippen MR) is 80.0 cm³/mol. The van der Waals surface area contributed by atoms with Gasteiger partial charge in [-0.3, -0.25) is 0 Å². The fourth-order valence-corrected chi connectivity index (χ4v) is 2.27. The molecule has 2 saturated carbocycles. The third-order valence-electron chi connectivity index (χ3n) is 3.93. The van der Waals surface area contributed by atoms with Gasteiger partial charge in [0, 0.05) is 19.2 Å². The second-order valence-corrected chi connectivity index (χ2v) is 6.00. The van der Waals surface area contributed by atoms with Gasteiger partial charge in [-0.05, 0) is 42.9 Å². The number of ether oxygens (including phenoxy) is 2. The zero-order valence-electron chi connectivity index (χ0n) is 12.1. The van der Waals surface area contributed by atoms with Crippen LogP contribution in [0.5, 0.6) is 5.75 Å². The van der Waals surface area contributed by atoms with Gasteiger partial charge < -0.3 is 14.8 Å². The molecule has 0 aliphatic heterocycles. The molecule has 20 heavy (non-hydrogen) atoms. The lowest BCUT2D eigenvalue weighted by molar-refractivity contribution is 0.0958. The van der Waals surface area contributed by atoms with E-state index >= 15 is 0 Å². The van der Waals surface area contributed by atoms with Crippen molar-refractivity contribution < 1.29 is 9.47 Å². The van der Waals surface area contributed by atoms with Crippen molar-refractivity contribution in [2.75, 3.05) is 19.8 Å². The molecule has 0 spiro atoms. The van der Waals surface area contributed by atoms with Gasteiger partial charge >= 0.3 is 0 Å². The molecule has 0 amide bonds. The molecular formula is C17H25NO2. The van der Waals surface area contributed by atoms with E-state index in [2.05, 4.69) is 23.5 Å². The minimum atomic E-state index is 0.643. The smallest absolute Gasteiger partial charge is 0.119 e. The molecular weight excluding hydrogens is 250 g/mol. The predicted octanol–water partition coefficient (Wildman–Crippen LogP) is 3.13. The maximum atomic E-state index is 5.74. The number of hydrogen-bond donors (Lipinski definition) is 1.